The van der Waals surface area contributed by atoms with E-state index >= 15 is 0 Å². The van der Waals surface area contributed by atoms with Gasteiger partial charge in [-0.2, -0.15) is 0 Å². The molecule has 0 aliphatic carbocycles. The van der Waals surface area contributed by atoms with Gasteiger partial charge in [0, 0.05) is 19.7 Å². The molecule has 1 aliphatic rings. The Bertz CT molecular complexity index is 191. The molecule has 2 N–H and O–H groups in total. The molecule has 1 amide bonds. The van der Waals surface area contributed by atoms with Crippen LogP contribution in [0.3, 0.4) is 0 Å². The highest BCUT2D eigenvalue weighted by Crippen LogP contribution is 2.09. The highest BCUT2D eigenvalue weighted by atomic mass is 16.5. The molecular weight excluding hydrogens is 204 g/mol. The first-order chi connectivity index (χ1) is 7.84. The molecule has 0 bridgehead atoms. The Morgan fingerprint density at radius 1 is 1.50 bits per heavy atom. The fourth-order valence-corrected chi connectivity index (χ4v) is 1.81. The van der Waals surface area contributed by atoms with Crippen LogP contribution in [0.1, 0.15) is 32.6 Å². The quantitative estimate of drug-likeness (QED) is 0.637. The minimum Gasteiger partial charge on any atom is -0.380 e. The van der Waals surface area contributed by atoms with Gasteiger partial charge >= 0.3 is 0 Å². The Labute approximate surface area is 98.1 Å². The standard InChI is InChI=1S/C12H24N2O2/c1-2-3-8-16-9-7-14-12(15)11-5-4-6-13-10-11/h11,13H,2-10H2,1H3,(H,14,15)/t11-/m1/s1. The van der Waals surface area contributed by atoms with Crippen LogP contribution in [0.5, 0.6) is 0 Å². The second-order valence-electron chi connectivity index (χ2n) is 4.30. The van der Waals surface area contributed by atoms with Gasteiger partial charge in [-0.25, -0.2) is 0 Å². The van der Waals surface area contributed by atoms with Crippen LogP contribution in [0, 0.1) is 5.92 Å². The van der Waals surface area contributed by atoms with Crippen molar-refractivity contribution in [2.75, 3.05) is 32.8 Å². The maximum atomic E-state index is 11.7. The summed E-state index contributed by atoms with van der Waals surface area (Å²) >= 11 is 0. The summed E-state index contributed by atoms with van der Waals surface area (Å²) in [5.74, 6) is 0.329. The second kappa shape index (κ2) is 8.53. The average Bonchev–Trinajstić information content (AvgIpc) is 2.34. The van der Waals surface area contributed by atoms with Gasteiger partial charge < -0.3 is 15.4 Å². The van der Waals surface area contributed by atoms with Gasteiger partial charge in [0.15, 0.2) is 0 Å². The van der Waals surface area contributed by atoms with Gasteiger partial charge in [-0.15, -0.1) is 0 Å². The third-order valence-electron chi connectivity index (χ3n) is 2.86. The van der Waals surface area contributed by atoms with Crippen molar-refractivity contribution in [3.8, 4) is 0 Å². The van der Waals surface area contributed by atoms with Crippen LogP contribution < -0.4 is 10.6 Å². The minimum atomic E-state index is 0.157. The summed E-state index contributed by atoms with van der Waals surface area (Å²) in [5, 5.41) is 6.17. The van der Waals surface area contributed by atoms with Crippen LogP contribution >= 0.6 is 0 Å². The van der Waals surface area contributed by atoms with Gasteiger partial charge in [-0.1, -0.05) is 13.3 Å². The number of amides is 1. The van der Waals surface area contributed by atoms with E-state index in [4.69, 9.17) is 4.74 Å². The lowest BCUT2D eigenvalue weighted by molar-refractivity contribution is -0.125. The van der Waals surface area contributed by atoms with Crippen molar-refractivity contribution >= 4 is 5.91 Å². The molecule has 1 heterocycles. The van der Waals surface area contributed by atoms with E-state index < -0.39 is 0 Å². The van der Waals surface area contributed by atoms with Gasteiger partial charge in [0.05, 0.1) is 12.5 Å². The van der Waals surface area contributed by atoms with Crippen molar-refractivity contribution in [1.29, 1.82) is 0 Å². The summed E-state index contributed by atoms with van der Waals surface area (Å²) in [7, 11) is 0. The summed E-state index contributed by atoms with van der Waals surface area (Å²) in [5.41, 5.74) is 0. The van der Waals surface area contributed by atoms with E-state index in [-0.39, 0.29) is 11.8 Å². The number of carbonyl (C=O) groups is 1. The molecule has 0 aromatic rings. The van der Waals surface area contributed by atoms with Crippen LogP contribution in [-0.2, 0) is 9.53 Å². The number of hydrogen-bond donors (Lipinski definition) is 2. The normalized spacial score (nSPS) is 20.7. The smallest absolute Gasteiger partial charge is 0.224 e. The molecule has 1 rings (SSSR count). The zero-order valence-electron chi connectivity index (χ0n) is 10.3. The average molecular weight is 228 g/mol. The Balaban J connectivity index is 1.97. The fourth-order valence-electron chi connectivity index (χ4n) is 1.81. The number of ether oxygens (including phenoxy) is 1. The molecule has 1 aliphatic heterocycles. The third-order valence-corrected chi connectivity index (χ3v) is 2.86. The van der Waals surface area contributed by atoms with Crippen LogP contribution in [0.25, 0.3) is 0 Å². The monoisotopic (exact) mass is 228 g/mol. The van der Waals surface area contributed by atoms with Crippen molar-refractivity contribution in [2.24, 2.45) is 5.92 Å². The molecule has 16 heavy (non-hydrogen) atoms. The molecule has 1 saturated heterocycles. The highest BCUT2D eigenvalue weighted by Gasteiger charge is 2.19. The lowest BCUT2D eigenvalue weighted by atomic mass is 9.99. The van der Waals surface area contributed by atoms with Gasteiger partial charge in [0.1, 0.15) is 0 Å². The SMILES string of the molecule is CCCCOCCNC(=O)[C@@H]1CCCNC1. The predicted octanol–water partition coefficient (Wildman–Crippen LogP) is 0.919. The third kappa shape index (κ3) is 5.47. The van der Waals surface area contributed by atoms with Crippen molar-refractivity contribution in [2.45, 2.75) is 32.6 Å². The molecule has 0 spiro atoms. The second-order valence-corrected chi connectivity index (χ2v) is 4.30. The van der Waals surface area contributed by atoms with Crippen molar-refractivity contribution < 1.29 is 9.53 Å². The van der Waals surface area contributed by atoms with E-state index in [0.717, 1.165) is 45.4 Å². The molecular formula is C12H24N2O2. The Kier molecular flexibility index (Phi) is 7.17. The first kappa shape index (κ1) is 13.5. The minimum absolute atomic E-state index is 0.157. The Morgan fingerprint density at radius 2 is 2.38 bits per heavy atom. The summed E-state index contributed by atoms with van der Waals surface area (Å²) in [4.78, 5) is 11.7. The maximum Gasteiger partial charge on any atom is 0.224 e. The zero-order valence-corrected chi connectivity index (χ0v) is 10.3. The largest absolute Gasteiger partial charge is 0.380 e. The summed E-state index contributed by atoms with van der Waals surface area (Å²) in [6, 6.07) is 0. The summed E-state index contributed by atoms with van der Waals surface area (Å²) < 4.78 is 5.38. The first-order valence-electron chi connectivity index (χ1n) is 6.40. The lowest BCUT2D eigenvalue weighted by Crippen LogP contribution is -2.41. The number of nitrogens with one attached hydrogen (secondary N) is 2. The first-order valence-corrected chi connectivity index (χ1v) is 6.40. The van der Waals surface area contributed by atoms with Crippen LogP contribution in [0.4, 0.5) is 0 Å². The number of rotatable bonds is 7. The molecule has 1 fully saturated rings. The lowest BCUT2D eigenvalue weighted by Gasteiger charge is -2.21. The number of hydrogen-bond acceptors (Lipinski definition) is 3. The molecule has 0 saturated carbocycles. The molecule has 1 atom stereocenters. The van der Waals surface area contributed by atoms with Gasteiger partial charge in [-0.05, 0) is 25.8 Å². The van der Waals surface area contributed by atoms with Gasteiger partial charge in [0.25, 0.3) is 0 Å². The van der Waals surface area contributed by atoms with E-state index in [9.17, 15) is 4.79 Å². The summed E-state index contributed by atoms with van der Waals surface area (Å²) in [6.45, 7) is 6.08. The Hall–Kier alpha value is -0.610. The Morgan fingerprint density at radius 3 is 3.06 bits per heavy atom. The van der Waals surface area contributed by atoms with E-state index in [2.05, 4.69) is 17.6 Å². The van der Waals surface area contributed by atoms with Crippen molar-refractivity contribution in [3.05, 3.63) is 0 Å². The topological polar surface area (TPSA) is 50.4 Å². The summed E-state index contributed by atoms with van der Waals surface area (Å²) in [6.07, 6.45) is 4.36. The molecule has 4 nitrogen and oxygen atoms in total. The van der Waals surface area contributed by atoms with E-state index in [1.807, 2.05) is 0 Å². The maximum absolute atomic E-state index is 11.7. The van der Waals surface area contributed by atoms with Gasteiger partial charge in [0.2, 0.25) is 5.91 Å². The van der Waals surface area contributed by atoms with Gasteiger partial charge in [-0.3, -0.25) is 4.79 Å². The molecule has 94 valence electrons. The predicted molar refractivity (Wildman–Crippen MR) is 64.3 cm³/mol. The van der Waals surface area contributed by atoms with E-state index in [1.54, 1.807) is 0 Å². The van der Waals surface area contributed by atoms with E-state index in [0.29, 0.717) is 13.2 Å². The van der Waals surface area contributed by atoms with E-state index in [1.165, 1.54) is 0 Å². The zero-order chi connectivity index (χ0) is 11.6. The molecule has 4 heteroatoms. The fraction of sp³-hybridized carbons (Fsp3) is 0.917. The van der Waals surface area contributed by atoms with Crippen LogP contribution in [0.2, 0.25) is 0 Å². The number of unbranched alkanes of at least 4 members (excludes halogenated alkanes) is 1. The number of carbonyl (C=O) groups excluding carboxylic acids is 1. The number of piperidine rings is 1. The molecule has 0 unspecified atom stereocenters. The molecule has 0 aromatic carbocycles. The van der Waals surface area contributed by atoms with Crippen molar-refractivity contribution in [1.82, 2.24) is 10.6 Å². The molecule has 0 radical (unpaired) electrons. The van der Waals surface area contributed by atoms with Crippen LogP contribution in [-0.4, -0.2) is 38.8 Å². The van der Waals surface area contributed by atoms with Crippen molar-refractivity contribution in [3.63, 3.8) is 0 Å². The van der Waals surface area contributed by atoms with Crippen LogP contribution in [0.15, 0.2) is 0 Å². The highest BCUT2D eigenvalue weighted by molar-refractivity contribution is 5.78. The molecule has 0 aromatic heterocycles.